The van der Waals surface area contributed by atoms with Crippen LogP contribution in [0.3, 0.4) is 0 Å². The van der Waals surface area contributed by atoms with Gasteiger partial charge in [-0.15, -0.1) is 0 Å². The zero-order chi connectivity index (χ0) is 14.3. The monoisotopic (exact) mass is 266 g/mol. The van der Waals surface area contributed by atoms with Crippen LogP contribution in [0.25, 0.3) is 0 Å². The van der Waals surface area contributed by atoms with E-state index in [1.54, 1.807) is 7.05 Å². The van der Waals surface area contributed by atoms with Crippen LogP contribution in [0.1, 0.15) is 16.8 Å². The molecule has 0 bridgehead atoms. The summed E-state index contributed by atoms with van der Waals surface area (Å²) in [5.41, 5.74) is 0.404. The molecule has 2 amide bonds. The Morgan fingerprint density at radius 3 is 2.79 bits per heavy atom. The van der Waals surface area contributed by atoms with Crippen LogP contribution in [0.5, 0.6) is 0 Å². The van der Waals surface area contributed by atoms with Gasteiger partial charge in [0, 0.05) is 19.8 Å². The van der Waals surface area contributed by atoms with Gasteiger partial charge in [0.2, 0.25) is 0 Å². The van der Waals surface area contributed by atoms with Crippen molar-refractivity contribution >= 4 is 17.7 Å². The van der Waals surface area contributed by atoms with Gasteiger partial charge in [-0.05, 0) is 26.1 Å². The smallest absolute Gasteiger partial charge is 0.337 e. The molecule has 7 nitrogen and oxygen atoms in total. The van der Waals surface area contributed by atoms with Crippen LogP contribution in [-0.2, 0) is 0 Å². The molecule has 0 aliphatic rings. The summed E-state index contributed by atoms with van der Waals surface area (Å²) in [5.74, 6) is -1.08. The highest BCUT2D eigenvalue weighted by Crippen LogP contribution is 2.09. The Bertz CT molecular complexity index is 450. The van der Waals surface area contributed by atoms with Crippen molar-refractivity contribution in [3.8, 4) is 0 Å². The SMILES string of the molecule is CNCCCN(C)C(=O)Nc1cncc(C(=O)O)c1. The van der Waals surface area contributed by atoms with Crippen LogP contribution in [0.15, 0.2) is 18.5 Å². The summed E-state index contributed by atoms with van der Waals surface area (Å²) in [6.45, 7) is 1.44. The summed E-state index contributed by atoms with van der Waals surface area (Å²) in [6.07, 6.45) is 3.48. The van der Waals surface area contributed by atoms with Gasteiger partial charge in [0.25, 0.3) is 0 Å². The number of carboxylic acids is 1. The van der Waals surface area contributed by atoms with E-state index in [9.17, 15) is 9.59 Å². The lowest BCUT2D eigenvalue weighted by Crippen LogP contribution is -2.33. The van der Waals surface area contributed by atoms with E-state index in [0.717, 1.165) is 13.0 Å². The Hall–Kier alpha value is -2.15. The highest BCUT2D eigenvalue weighted by Gasteiger charge is 2.10. The number of rotatable bonds is 6. The second-order valence-electron chi connectivity index (χ2n) is 4.08. The van der Waals surface area contributed by atoms with Gasteiger partial charge >= 0.3 is 12.0 Å². The quantitative estimate of drug-likeness (QED) is 0.664. The van der Waals surface area contributed by atoms with Crippen LogP contribution in [0.4, 0.5) is 10.5 Å². The van der Waals surface area contributed by atoms with Crippen molar-refractivity contribution in [2.45, 2.75) is 6.42 Å². The Morgan fingerprint density at radius 2 is 2.16 bits per heavy atom. The lowest BCUT2D eigenvalue weighted by molar-refractivity contribution is 0.0696. The van der Waals surface area contributed by atoms with Gasteiger partial charge in [0.15, 0.2) is 0 Å². The Labute approximate surface area is 111 Å². The van der Waals surface area contributed by atoms with Crippen LogP contribution >= 0.6 is 0 Å². The second-order valence-corrected chi connectivity index (χ2v) is 4.08. The summed E-state index contributed by atoms with van der Waals surface area (Å²) in [7, 11) is 3.53. The highest BCUT2D eigenvalue weighted by molar-refractivity contribution is 5.92. The van der Waals surface area contributed by atoms with E-state index < -0.39 is 5.97 Å². The minimum absolute atomic E-state index is 0.0376. The third-order valence-electron chi connectivity index (χ3n) is 2.50. The molecule has 1 aromatic rings. The first-order valence-electron chi connectivity index (χ1n) is 5.89. The lowest BCUT2D eigenvalue weighted by atomic mass is 10.2. The molecule has 1 heterocycles. The fraction of sp³-hybridized carbons (Fsp3) is 0.417. The van der Waals surface area contributed by atoms with E-state index in [2.05, 4.69) is 15.6 Å². The summed E-state index contributed by atoms with van der Waals surface area (Å²) >= 11 is 0. The van der Waals surface area contributed by atoms with Gasteiger partial charge in [0.05, 0.1) is 17.4 Å². The average molecular weight is 266 g/mol. The third kappa shape index (κ3) is 4.92. The molecule has 3 N–H and O–H groups in total. The van der Waals surface area contributed by atoms with Crippen molar-refractivity contribution in [1.29, 1.82) is 0 Å². The first kappa shape index (κ1) is 14.9. The predicted octanol–water partition coefficient (Wildman–Crippen LogP) is 0.853. The summed E-state index contributed by atoms with van der Waals surface area (Å²) in [4.78, 5) is 27.9. The summed E-state index contributed by atoms with van der Waals surface area (Å²) < 4.78 is 0. The van der Waals surface area contributed by atoms with Gasteiger partial charge in [0.1, 0.15) is 0 Å². The van der Waals surface area contributed by atoms with E-state index in [-0.39, 0.29) is 11.6 Å². The van der Waals surface area contributed by atoms with Gasteiger partial charge in [-0.25, -0.2) is 9.59 Å². The van der Waals surface area contributed by atoms with Crippen molar-refractivity contribution in [2.24, 2.45) is 0 Å². The maximum absolute atomic E-state index is 11.8. The standard InChI is InChI=1S/C12H18N4O3/c1-13-4-3-5-16(2)12(19)15-10-6-9(11(17)18)7-14-8-10/h6-8,13H,3-5H2,1-2H3,(H,15,19)(H,17,18). The zero-order valence-corrected chi connectivity index (χ0v) is 11.0. The number of nitrogens with zero attached hydrogens (tertiary/aromatic N) is 2. The van der Waals surface area contributed by atoms with Crippen molar-refractivity contribution in [1.82, 2.24) is 15.2 Å². The Morgan fingerprint density at radius 1 is 1.42 bits per heavy atom. The molecule has 0 atom stereocenters. The molecule has 0 aromatic carbocycles. The molecular weight excluding hydrogens is 248 g/mol. The average Bonchev–Trinajstić information content (AvgIpc) is 2.39. The minimum atomic E-state index is -1.08. The number of aromatic carboxylic acids is 1. The van der Waals surface area contributed by atoms with Crippen molar-refractivity contribution in [3.63, 3.8) is 0 Å². The number of nitrogens with one attached hydrogen (secondary N) is 2. The molecule has 0 fully saturated rings. The number of anilines is 1. The molecule has 104 valence electrons. The molecule has 1 aromatic heterocycles. The normalized spacial score (nSPS) is 10.0. The number of carbonyl (C=O) groups is 2. The second kappa shape index (κ2) is 7.32. The van der Waals surface area contributed by atoms with E-state index in [1.807, 2.05) is 7.05 Å². The molecule has 19 heavy (non-hydrogen) atoms. The fourth-order valence-electron chi connectivity index (χ4n) is 1.44. The van der Waals surface area contributed by atoms with Crippen molar-refractivity contribution < 1.29 is 14.7 Å². The minimum Gasteiger partial charge on any atom is -0.478 e. The highest BCUT2D eigenvalue weighted by atomic mass is 16.4. The van der Waals surface area contributed by atoms with Gasteiger partial charge in [-0.1, -0.05) is 0 Å². The zero-order valence-electron chi connectivity index (χ0n) is 11.0. The number of carbonyl (C=O) groups excluding carboxylic acids is 1. The van der Waals surface area contributed by atoms with E-state index >= 15 is 0 Å². The molecule has 0 aliphatic heterocycles. The van der Waals surface area contributed by atoms with E-state index in [0.29, 0.717) is 12.2 Å². The summed E-state index contributed by atoms with van der Waals surface area (Å²) in [6, 6.07) is 1.08. The molecule has 0 aliphatic carbocycles. The van der Waals surface area contributed by atoms with Crippen LogP contribution < -0.4 is 10.6 Å². The number of hydrogen-bond donors (Lipinski definition) is 3. The summed E-state index contributed by atoms with van der Waals surface area (Å²) in [5, 5.41) is 14.4. The van der Waals surface area contributed by atoms with E-state index in [1.165, 1.54) is 23.4 Å². The van der Waals surface area contributed by atoms with E-state index in [4.69, 9.17) is 5.11 Å². The molecule has 0 saturated heterocycles. The third-order valence-corrected chi connectivity index (χ3v) is 2.50. The number of aromatic nitrogens is 1. The maximum atomic E-state index is 11.8. The van der Waals surface area contributed by atoms with Crippen LogP contribution in [0.2, 0.25) is 0 Å². The fourth-order valence-corrected chi connectivity index (χ4v) is 1.44. The van der Waals surface area contributed by atoms with Crippen LogP contribution in [-0.4, -0.2) is 54.2 Å². The number of amides is 2. The number of carboxylic acid groups (broad SMARTS) is 1. The molecule has 0 saturated carbocycles. The molecule has 0 spiro atoms. The lowest BCUT2D eigenvalue weighted by Gasteiger charge is -2.17. The molecule has 0 radical (unpaired) electrons. The van der Waals surface area contributed by atoms with Crippen molar-refractivity contribution in [3.05, 3.63) is 24.0 Å². The Balaban J connectivity index is 2.56. The number of hydrogen-bond acceptors (Lipinski definition) is 4. The number of pyridine rings is 1. The molecule has 7 heteroatoms. The van der Waals surface area contributed by atoms with Gasteiger partial charge in [-0.3, -0.25) is 4.98 Å². The molecular formula is C12H18N4O3. The van der Waals surface area contributed by atoms with Crippen molar-refractivity contribution in [2.75, 3.05) is 32.5 Å². The first-order chi connectivity index (χ1) is 9.04. The first-order valence-corrected chi connectivity index (χ1v) is 5.89. The molecule has 0 unspecified atom stereocenters. The van der Waals surface area contributed by atoms with Crippen LogP contribution in [0, 0.1) is 0 Å². The Kier molecular flexibility index (Phi) is 5.74. The largest absolute Gasteiger partial charge is 0.478 e. The molecule has 1 rings (SSSR count). The van der Waals surface area contributed by atoms with Gasteiger partial charge in [-0.2, -0.15) is 0 Å². The topological polar surface area (TPSA) is 94.6 Å². The predicted molar refractivity (Wildman–Crippen MR) is 71.4 cm³/mol. The number of urea groups is 1. The maximum Gasteiger partial charge on any atom is 0.337 e. The van der Waals surface area contributed by atoms with Gasteiger partial charge < -0.3 is 20.6 Å².